The molecule has 3 aromatic rings. The summed E-state index contributed by atoms with van der Waals surface area (Å²) in [5.74, 6) is 0.771. The molecule has 1 aromatic heterocycles. The van der Waals surface area contributed by atoms with E-state index in [4.69, 9.17) is 26.8 Å². The van der Waals surface area contributed by atoms with Gasteiger partial charge in [0.1, 0.15) is 12.4 Å². The van der Waals surface area contributed by atoms with E-state index in [-0.39, 0.29) is 12.6 Å². The maximum atomic E-state index is 13.2. The molecule has 0 atom stereocenters. The molecule has 142 valence electrons. The number of ether oxygens (including phenoxy) is 2. The van der Waals surface area contributed by atoms with E-state index in [9.17, 15) is 4.39 Å². The van der Waals surface area contributed by atoms with Gasteiger partial charge in [-0.1, -0.05) is 22.8 Å². The van der Waals surface area contributed by atoms with Gasteiger partial charge in [-0.2, -0.15) is 0 Å². The fourth-order valence-electron chi connectivity index (χ4n) is 2.28. The summed E-state index contributed by atoms with van der Waals surface area (Å²) in [5, 5.41) is 11.0. The van der Waals surface area contributed by atoms with Gasteiger partial charge in [-0.25, -0.2) is 4.39 Å². The lowest BCUT2D eigenvalue weighted by Gasteiger charge is -2.15. The number of hydrogen-bond donors (Lipinski definition) is 2. The van der Waals surface area contributed by atoms with Crippen molar-refractivity contribution in [1.82, 2.24) is 20.3 Å². The third kappa shape index (κ3) is 4.58. The number of nitrogens with two attached hydrogens (primary N) is 1. The molecule has 0 fully saturated rings. The molecule has 0 bridgehead atoms. The van der Waals surface area contributed by atoms with Crippen LogP contribution in [-0.2, 0) is 13.2 Å². The Balaban J connectivity index is 1.74. The number of halogens is 3. The highest BCUT2D eigenvalue weighted by atomic mass is 79.9. The number of nitrogen functional groups attached to an aromatic ring is 1. The first kappa shape index (κ1) is 19.2. The van der Waals surface area contributed by atoms with Gasteiger partial charge >= 0.3 is 0 Å². The van der Waals surface area contributed by atoms with Crippen molar-refractivity contribution in [2.24, 2.45) is 0 Å². The van der Waals surface area contributed by atoms with Crippen LogP contribution in [0.15, 0.2) is 34.8 Å². The summed E-state index contributed by atoms with van der Waals surface area (Å²) in [6, 6.07) is 7.81. The number of nitrogens with zero attached hydrogens (tertiary/aromatic N) is 4. The molecule has 0 amide bonds. The normalized spacial score (nSPS) is 10.7. The van der Waals surface area contributed by atoms with Crippen molar-refractivity contribution in [3.8, 4) is 11.5 Å². The van der Waals surface area contributed by atoms with Gasteiger partial charge in [0.25, 0.3) is 5.95 Å². The summed E-state index contributed by atoms with van der Waals surface area (Å²) >= 11 is 9.52. The van der Waals surface area contributed by atoms with Gasteiger partial charge in [0.15, 0.2) is 11.5 Å². The predicted octanol–water partition coefficient (Wildman–Crippen LogP) is 3.14. The molecule has 0 saturated carbocycles. The summed E-state index contributed by atoms with van der Waals surface area (Å²) < 4.78 is 25.1. The van der Waals surface area contributed by atoms with E-state index in [1.165, 1.54) is 24.0 Å². The second-order valence-corrected chi connectivity index (χ2v) is 6.68. The van der Waals surface area contributed by atoms with Gasteiger partial charge in [0.2, 0.25) is 0 Å². The fourth-order valence-corrected chi connectivity index (χ4v) is 3.10. The second-order valence-electron chi connectivity index (χ2n) is 5.42. The zero-order valence-electron chi connectivity index (χ0n) is 14.1. The predicted molar refractivity (Wildman–Crippen MR) is 102 cm³/mol. The summed E-state index contributed by atoms with van der Waals surface area (Å²) in [4.78, 5) is 1.27. The Morgan fingerprint density at radius 3 is 2.81 bits per heavy atom. The topological polar surface area (TPSA) is 100 Å². The molecule has 27 heavy (non-hydrogen) atoms. The van der Waals surface area contributed by atoms with Gasteiger partial charge in [-0.3, -0.25) is 0 Å². The quantitative estimate of drug-likeness (QED) is 0.562. The summed E-state index contributed by atoms with van der Waals surface area (Å²) in [7, 11) is 1.54. The molecule has 1 heterocycles. The monoisotopic (exact) mass is 456 g/mol. The Hall–Kier alpha value is -2.59. The number of benzene rings is 2. The van der Waals surface area contributed by atoms with Crippen molar-refractivity contribution in [3.63, 3.8) is 0 Å². The lowest BCUT2D eigenvalue weighted by molar-refractivity contribution is 0.282. The zero-order chi connectivity index (χ0) is 19.4. The molecule has 0 unspecified atom stereocenters. The van der Waals surface area contributed by atoms with Gasteiger partial charge in [-0.15, -0.1) is 4.79 Å². The maximum absolute atomic E-state index is 13.2. The first-order chi connectivity index (χ1) is 13.0. The van der Waals surface area contributed by atoms with E-state index in [1.54, 1.807) is 12.1 Å². The number of nitrogens with one attached hydrogen (secondary N) is 1. The first-order valence-electron chi connectivity index (χ1n) is 7.69. The summed E-state index contributed by atoms with van der Waals surface area (Å²) in [5.41, 5.74) is 10.1. The number of hydrogen-bond acceptors (Lipinski definition) is 7. The second kappa shape index (κ2) is 8.40. The Labute approximate surface area is 167 Å². The van der Waals surface area contributed by atoms with E-state index in [2.05, 4.69) is 36.9 Å². The van der Waals surface area contributed by atoms with Crippen LogP contribution < -0.4 is 20.6 Å². The third-order valence-corrected chi connectivity index (χ3v) is 4.54. The molecule has 2 aromatic carbocycles. The van der Waals surface area contributed by atoms with E-state index in [0.29, 0.717) is 33.1 Å². The first-order valence-corrected chi connectivity index (χ1v) is 8.86. The molecule has 3 rings (SSSR count). The molecular weight excluding hydrogens is 443 g/mol. The minimum Gasteiger partial charge on any atom is -0.493 e. The average molecular weight is 458 g/mol. The van der Waals surface area contributed by atoms with Crippen molar-refractivity contribution < 1.29 is 13.9 Å². The number of methoxy groups -OCH3 is 1. The van der Waals surface area contributed by atoms with Gasteiger partial charge in [0.05, 0.1) is 23.1 Å². The molecule has 3 N–H and O–H groups in total. The highest BCUT2D eigenvalue weighted by Gasteiger charge is 2.13. The van der Waals surface area contributed by atoms with Crippen LogP contribution in [-0.4, -0.2) is 27.4 Å². The Kier molecular flexibility index (Phi) is 5.97. The fraction of sp³-hybridized carbons (Fsp3) is 0.188. The molecule has 0 aliphatic carbocycles. The largest absolute Gasteiger partial charge is 0.493 e. The minimum absolute atomic E-state index is 0.150. The zero-order valence-corrected chi connectivity index (χ0v) is 16.5. The lowest BCUT2D eigenvalue weighted by atomic mass is 10.2. The molecule has 11 heteroatoms. The van der Waals surface area contributed by atoms with Crippen LogP contribution in [0, 0.1) is 5.82 Å². The van der Waals surface area contributed by atoms with Crippen LogP contribution in [0.4, 0.5) is 10.3 Å². The Bertz CT molecular complexity index is 955. The lowest BCUT2D eigenvalue weighted by Crippen LogP contribution is -2.18. The molecule has 0 saturated heterocycles. The number of aromatic nitrogens is 4. The van der Waals surface area contributed by atoms with Crippen molar-refractivity contribution in [2.45, 2.75) is 13.2 Å². The van der Waals surface area contributed by atoms with E-state index in [1.807, 2.05) is 6.07 Å². The van der Waals surface area contributed by atoms with Crippen LogP contribution in [0.25, 0.3) is 0 Å². The van der Waals surface area contributed by atoms with Crippen molar-refractivity contribution in [2.75, 3.05) is 18.3 Å². The van der Waals surface area contributed by atoms with Gasteiger partial charge in [0, 0.05) is 5.56 Å². The maximum Gasteiger partial charge on any atom is 0.260 e. The van der Waals surface area contributed by atoms with Crippen LogP contribution in [0.1, 0.15) is 11.1 Å². The molecule has 0 spiro atoms. The Morgan fingerprint density at radius 1 is 1.33 bits per heavy atom. The van der Waals surface area contributed by atoms with Gasteiger partial charge < -0.3 is 20.6 Å². The third-order valence-electron chi connectivity index (χ3n) is 3.60. The molecule has 0 aliphatic heterocycles. The van der Waals surface area contributed by atoms with Crippen LogP contribution in [0.3, 0.4) is 0 Å². The van der Waals surface area contributed by atoms with E-state index < -0.39 is 5.82 Å². The minimum atomic E-state index is -0.400. The standard InChI is InChI=1S/C16H15BrClFN6O2/c1-26-14-5-9(7-21-25-16(20)22-23-24-25)4-12(17)15(14)27-8-10-2-3-11(19)6-13(10)18/h2-6,21H,7-8H2,1H3,(H2,20,22,24). The van der Waals surface area contributed by atoms with E-state index >= 15 is 0 Å². The smallest absolute Gasteiger partial charge is 0.260 e. The number of anilines is 1. The summed E-state index contributed by atoms with van der Waals surface area (Å²) in [6.07, 6.45) is 0. The van der Waals surface area contributed by atoms with Crippen LogP contribution in [0.5, 0.6) is 11.5 Å². The highest BCUT2D eigenvalue weighted by Crippen LogP contribution is 2.37. The van der Waals surface area contributed by atoms with Gasteiger partial charge in [-0.05, 0) is 56.2 Å². The number of tetrazole rings is 1. The highest BCUT2D eigenvalue weighted by molar-refractivity contribution is 9.10. The van der Waals surface area contributed by atoms with E-state index in [0.717, 1.165) is 5.56 Å². The molecule has 0 aliphatic rings. The average Bonchev–Trinajstić information content (AvgIpc) is 3.05. The Morgan fingerprint density at radius 2 is 2.15 bits per heavy atom. The van der Waals surface area contributed by atoms with Crippen molar-refractivity contribution in [1.29, 1.82) is 0 Å². The number of rotatable bonds is 7. The SMILES string of the molecule is COc1cc(CNn2nnnc2N)cc(Br)c1OCc1ccc(F)cc1Cl. The van der Waals surface area contributed by atoms with Crippen LogP contribution >= 0.6 is 27.5 Å². The molecule has 8 nitrogen and oxygen atoms in total. The van der Waals surface area contributed by atoms with Crippen LogP contribution in [0.2, 0.25) is 5.02 Å². The molecule has 0 radical (unpaired) electrons. The van der Waals surface area contributed by atoms with Crippen molar-refractivity contribution >= 4 is 33.5 Å². The van der Waals surface area contributed by atoms with Crippen molar-refractivity contribution in [3.05, 3.63) is 56.8 Å². The summed E-state index contributed by atoms with van der Waals surface area (Å²) in [6.45, 7) is 0.557. The molecular formula is C16H15BrClFN6O2.